The standard InChI is InChI=1S/C24H27ClN2O3/c1-18-23(26-24(30-18)20-6-8-21(25)9-7-20)17-29-22-10-4-19(5-11-22)3-2-12-27-13-15-28-16-14-27/h4-11H,2-3,12-17H2,1H3. The summed E-state index contributed by atoms with van der Waals surface area (Å²) in [6.07, 6.45) is 2.23. The van der Waals surface area contributed by atoms with Crippen molar-refractivity contribution in [2.24, 2.45) is 0 Å². The molecule has 3 aromatic rings. The molecule has 0 radical (unpaired) electrons. The Balaban J connectivity index is 1.27. The zero-order valence-corrected chi connectivity index (χ0v) is 18.0. The molecule has 1 aliphatic heterocycles. The van der Waals surface area contributed by atoms with E-state index in [1.54, 1.807) is 0 Å². The van der Waals surface area contributed by atoms with Gasteiger partial charge in [-0.25, -0.2) is 4.98 Å². The van der Waals surface area contributed by atoms with Crippen molar-refractivity contribution in [3.63, 3.8) is 0 Å². The smallest absolute Gasteiger partial charge is 0.226 e. The number of aryl methyl sites for hydroxylation is 2. The van der Waals surface area contributed by atoms with Crippen LogP contribution in [0.2, 0.25) is 5.02 Å². The molecule has 1 fully saturated rings. The van der Waals surface area contributed by atoms with Crippen LogP contribution in [0.4, 0.5) is 0 Å². The number of aromatic nitrogens is 1. The maximum absolute atomic E-state index is 5.95. The van der Waals surface area contributed by atoms with Gasteiger partial charge in [0.05, 0.1) is 13.2 Å². The molecule has 0 aliphatic carbocycles. The molecule has 2 aromatic carbocycles. The van der Waals surface area contributed by atoms with E-state index in [1.807, 2.05) is 43.3 Å². The Morgan fingerprint density at radius 1 is 1.03 bits per heavy atom. The van der Waals surface area contributed by atoms with Crippen LogP contribution in [-0.4, -0.2) is 42.7 Å². The summed E-state index contributed by atoms with van der Waals surface area (Å²) in [7, 11) is 0. The number of oxazole rings is 1. The minimum absolute atomic E-state index is 0.374. The number of rotatable bonds is 8. The second-order valence-corrected chi connectivity index (χ2v) is 7.96. The number of halogens is 1. The SMILES string of the molecule is Cc1oc(-c2ccc(Cl)cc2)nc1COc1ccc(CCCN2CCOCC2)cc1. The van der Waals surface area contributed by atoms with E-state index in [4.69, 9.17) is 25.5 Å². The van der Waals surface area contributed by atoms with Gasteiger partial charge in [0.15, 0.2) is 0 Å². The Morgan fingerprint density at radius 3 is 2.50 bits per heavy atom. The minimum Gasteiger partial charge on any atom is -0.487 e. The Hall–Kier alpha value is -2.34. The summed E-state index contributed by atoms with van der Waals surface area (Å²) < 4.78 is 17.1. The van der Waals surface area contributed by atoms with E-state index in [2.05, 4.69) is 22.0 Å². The number of benzene rings is 2. The molecule has 6 heteroatoms. The molecule has 5 nitrogen and oxygen atoms in total. The van der Waals surface area contributed by atoms with E-state index in [9.17, 15) is 0 Å². The first kappa shape index (κ1) is 20.9. The molecule has 1 aliphatic rings. The summed E-state index contributed by atoms with van der Waals surface area (Å²) in [4.78, 5) is 7.05. The first-order valence-electron chi connectivity index (χ1n) is 10.4. The van der Waals surface area contributed by atoms with Gasteiger partial charge in [0.25, 0.3) is 0 Å². The van der Waals surface area contributed by atoms with Crippen LogP contribution in [0.3, 0.4) is 0 Å². The van der Waals surface area contributed by atoms with Crippen LogP contribution >= 0.6 is 11.6 Å². The Bertz CT molecular complexity index is 932. The van der Waals surface area contributed by atoms with Crippen molar-refractivity contribution >= 4 is 11.6 Å². The molecule has 0 atom stereocenters. The zero-order valence-electron chi connectivity index (χ0n) is 17.3. The van der Waals surface area contributed by atoms with E-state index in [-0.39, 0.29) is 0 Å². The van der Waals surface area contributed by atoms with Crippen LogP contribution in [0.15, 0.2) is 52.9 Å². The van der Waals surface area contributed by atoms with Gasteiger partial charge in [-0.15, -0.1) is 0 Å². The second-order valence-electron chi connectivity index (χ2n) is 7.52. The third-order valence-electron chi connectivity index (χ3n) is 5.33. The molecule has 4 rings (SSSR count). The molecule has 1 aromatic heterocycles. The lowest BCUT2D eigenvalue weighted by Crippen LogP contribution is -2.36. The van der Waals surface area contributed by atoms with Crippen molar-refractivity contribution in [3.8, 4) is 17.2 Å². The van der Waals surface area contributed by atoms with Crippen LogP contribution < -0.4 is 4.74 Å². The van der Waals surface area contributed by atoms with Crippen LogP contribution in [-0.2, 0) is 17.8 Å². The summed E-state index contributed by atoms with van der Waals surface area (Å²) in [5, 5.41) is 0.690. The number of hydrogen-bond donors (Lipinski definition) is 0. The summed E-state index contributed by atoms with van der Waals surface area (Å²) >= 11 is 5.95. The highest BCUT2D eigenvalue weighted by molar-refractivity contribution is 6.30. The number of ether oxygens (including phenoxy) is 2. The number of hydrogen-bond acceptors (Lipinski definition) is 5. The van der Waals surface area contributed by atoms with Gasteiger partial charge < -0.3 is 13.9 Å². The minimum atomic E-state index is 0.374. The van der Waals surface area contributed by atoms with Gasteiger partial charge in [-0.05, 0) is 68.3 Å². The lowest BCUT2D eigenvalue weighted by atomic mass is 10.1. The molecule has 0 N–H and O–H groups in total. The van der Waals surface area contributed by atoms with Gasteiger partial charge in [-0.1, -0.05) is 23.7 Å². The van der Waals surface area contributed by atoms with Gasteiger partial charge in [-0.3, -0.25) is 4.90 Å². The van der Waals surface area contributed by atoms with Gasteiger partial charge in [-0.2, -0.15) is 0 Å². The fourth-order valence-corrected chi connectivity index (χ4v) is 3.64. The van der Waals surface area contributed by atoms with Crippen LogP contribution in [0.5, 0.6) is 5.75 Å². The number of nitrogens with zero attached hydrogens (tertiary/aromatic N) is 2. The monoisotopic (exact) mass is 426 g/mol. The van der Waals surface area contributed by atoms with Gasteiger partial charge in [0.1, 0.15) is 23.8 Å². The first-order chi connectivity index (χ1) is 14.7. The van der Waals surface area contributed by atoms with Crippen LogP contribution in [0, 0.1) is 6.92 Å². The maximum atomic E-state index is 5.95. The first-order valence-corrected chi connectivity index (χ1v) is 10.8. The Labute approximate surface area is 182 Å². The lowest BCUT2D eigenvalue weighted by Gasteiger charge is -2.26. The van der Waals surface area contributed by atoms with Gasteiger partial charge in [0, 0.05) is 23.7 Å². The van der Waals surface area contributed by atoms with Crippen molar-refractivity contribution in [3.05, 3.63) is 70.6 Å². The molecule has 0 amide bonds. The summed E-state index contributed by atoms with van der Waals surface area (Å²) in [6, 6.07) is 15.8. The maximum Gasteiger partial charge on any atom is 0.226 e. The molecule has 2 heterocycles. The quantitative estimate of drug-likeness (QED) is 0.498. The van der Waals surface area contributed by atoms with Gasteiger partial charge >= 0.3 is 0 Å². The van der Waals surface area contributed by atoms with Crippen molar-refractivity contribution in [2.45, 2.75) is 26.4 Å². The predicted octanol–water partition coefficient (Wildman–Crippen LogP) is 5.15. The number of morpholine rings is 1. The molecule has 0 saturated carbocycles. The van der Waals surface area contributed by atoms with E-state index in [0.717, 1.165) is 68.5 Å². The summed E-state index contributed by atoms with van der Waals surface area (Å²) in [6.45, 7) is 7.23. The lowest BCUT2D eigenvalue weighted by molar-refractivity contribution is 0.0374. The Morgan fingerprint density at radius 2 is 1.77 bits per heavy atom. The van der Waals surface area contributed by atoms with Crippen molar-refractivity contribution in [2.75, 3.05) is 32.8 Å². The molecule has 0 spiro atoms. The molecular weight excluding hydrogens is 400 g/mol. The molecule has 30 heavy (non-hydrogen) atoms. The largest absolute Gasteiger partial charge is 0.487 e. The van der Waals surface area contributed by atoms with E-state index in [1.165, 1.54) is 5.56 Å². The van der Waals surface area contributed by atoms with Crippen molar-refractivity contribution < 1.29 is 13.9 Å². The highest BCUT2D eigenvalue weighted by Gasteiger charge is 2.12. The highest BCUT2D eigenvalue weighted by atomic mass is 35.5. The fraction of sp³-hybridized carbons (Fsp3) is 0.375. The normalized spacial score (nSPS) is 14.7. The predicted molar refractivity (Wildman–Crippen MR) is 118 cm³/mol. The zero-order chi connectivity index (χ0) is 20.8. The van der Waals surface area contributed by atoms with Crippen molar-refractivity contribution in [1.82, 2.24) is 9.88 Å². The third kappa shape index (κ3) is 5.63. The molecular formula is C24H27ClN2O3. The fourth-order valence-electron chi connectivity index (χ4n) is 3.51. The van der Waals surface area contributed by atoms with E-state index >= 15 is 0 Å². The topological polar surface area (TPSA) is 47.7 Å². The summed E-state index contributed by atoms with van der Waals surface area (Å²) in [5.41, 5.74) is 3.03. The molecule has 0 bridgehead atoms. The van der Waals surface area contributed by atoms with Crippen LogP contribution in [0.25, 0.3) is 11.5 Å². The average molecular weight is 427 g/mol. The van der Waals surface area contributed by atoms with E-state index in [0.29, 0.717) is 17.5 Å². The second kappa shape index (κ2) is 10.1. The molecule has 0 unspecified atom stereocenters. The average Bonchev–Trinajstić information content (AvgIpc) is 3.15. The molecule has 1 saturated heterocycles. The van der Waals surface area contributed by atoms with Crippen LogP contribution in [0.1, 0.15) is 23.4 Å². The van der Waals surface area contributed by atoms with Crippen molar-refractivity contribution in [1.29, 1.82) is 0 Å². The Kier molecular flexibility index (Phi) is 7.05. The summed E-state index contributed by atoms with van der Waals surface area (Å²) in [5.74, 6) is 2.18. The van der Waals surface area contributed by atoms with Gasteiger partial charge in [0.2, 0.25) is 5.89 Å². The third-order valence-corrected chi connectivity index (χ3v) is 5.58. The molecule has 158 valence electrons. The highest BCUT2D eigenvalue weighted by Crippen LogP contribution is 2.24. The van der Waals surface area contributed by atoms with E-state index < -0.39 is 0 Å².